The molecule has 134 valence electrons. The predicted molar refractivity (Wildman–Crippen MR) is 102 cm³/mol. The predicted octanol–water partition coefficient (Wildman–Crippen LogP) is 2.48. The molecule has 2 aromatic carbocycles. The molecule has 0 aromatic heterocycles. The molecule has 0 heterocycles. The second-order valence-corrected chi connectivity index (χ2v) is 5.67. The third-order valence-corrected chi connectivity index (χ3v) is 3.71. The van der Waals surface area contributed by atoms with Gasteiger partial charge in [-0.2, -0.15) is 0 Å². The van der Waals surface area contributed by atoms with Crippen LogP contribution in [0.3, 0.4) is 0 Å². The maximum Gasteiger partial charge on any atom is 0.251 e. The minimum absolute atomic E-state index is 0. The molecule has 1 atom stereocenters. The van der Waals surface area contributed by atoms with E-state index in [9.17, 15) is 9.59 Å². The van der Waals surface area contributed by atoms with E-state index in [2.05, 4.69) is 10.6 Å². The van der Waals surface area contributed by atoms with Gasteiger partial charge in [-0.3, -0.25) is 9.59 Å². The fourth-order valence-electron chi connectivity index (χ4n) is 2.31. The van der Waals surface area contributed by atoms with Crippen molar-refractivity contribution in [1.82, 2.24) is 10.6 Å². The molecule has 0 fully saturated rings. The summed E-state index contributed by atoms with van der Waals surface area (Å²) in [6.07, 6.45) is 0. The van der Waals surface area contributed by atoms with Gasteiger partial charge in [0.25, 0.3) is 5.91 Å². The highest BCUT2D eigenvalue weighted by Gasteiger charge is 2.15. The van der Waals surface area contributed by atoms with E-state index in [4.69, 9.17) is 5.73 Å². The van der Waals surface area contributed by atoms with Crippen molar-refractivity contribution < 1.29 is 9.59 Å². The van der Waals surface area contributed by atoms with Crippen molar-refractivity contribution in [3.63, 3.8) is 0 Å². The molecular weight excluding hydrogens is 338 g/mol. The molecule has 2 rings (SSSR count). The van der Waals surface area contributed by atoms with E-state index in [1.165, 1.54) is 0 Å². The van der Waals surface area contributed by atoms with Crippen molar-refractivity contribution in [2.45, 2.75) is 26.4 Å². The smallest absolute Gasteiger partial charge is 0.251 e. The van der Waals surface area contributed by atoms with Crippen LogP contribution in [0.25, 0.3) is 0 Å². The summed E-state index contributed by atoms with van der Waals surface area (Å²) in [5.41, 5.74) is 9.31. The Morgan fingerprint density at radius 1 is 1.08 bits per heavy atom. The van der Waals surface area contributed by atoms with Crippen LogP contribution >= 0.6 is 12.4 Å². The molecular formula is C19H24ClN3O2. The van der Waals surface area contributed by atoms with Crippen molar-refractivity contribution in [3.05, 3.63) is 70.8 Å². The summed E-state index contributed by atoms with van der Waals surface area (Å²) in [6, 6.07) is 14.0. The van der Waals surface area contributed by atoms with Crippen LogP contribution in [0.2, 0.25) is 0 Å². The quantitative estimate of drug-likeness (QED) is 0.739. The van der Waals surface area contributed by atoms with Crippen molar-refractivity contribution >= 4 is 24.2 Å². The third kappa shape index (κ3) is 5.89. The lowest BCUT2D eigenvalue weighted by atomic mass is 10.1. The molecule has 25 heavy (non-hydrogen) atoms. The molecule has 6 heteroatoms. The maximum absolute atomic E-state index is 12.2. The summed E-state index contributed by atoms with van der Waals surface area (Å²) in [7, 11) is 0. The van der Waals surface area contributed by atoms with Crippen LogP contribution in [0.5, 0.6) is 0 Å². The standard InChI is InChI=1S/C19H23N3O2.ClH/c1-3-21-18(23)16-6-4-5-14(11-16)12-22-19(24)17(20)15-9-7-13(2)8-10-15;/h4-11,17H,3,12,20H2,1-2H3,(H,21,23)(H,22,24);1H. The zero-order chi connectivity index (χ0) is 17.5. The van der Waals surface area contributed by atoms with Gasteiger partial charge in [0, 0.05) is 18.7 Å². The number of nitrogens with one attached hydrogen (secondary N) is 2. The van der Waals surface area contributed by atoms with Gasteiger partial charge in [0.2, 0.25) is 5.91 Å². The second-order valence-electron chi connectivity index (χ2n) is 5.67. The fourth-order valence-corrected chi connectivity index (χ4v) is 2.31. The molecule has 0 radical (unpaired) electrons. The summed E-state index contributed by atoms with van der Waals surface area (Å²) in [5, 5.41) is 5.57. The Hall–Kier alpha value is -2.37. The molecule has 0 saturated carbocycles. The molecule has 0 aliphatic rings. The molecule has 0 saturated heterocycles. The molecule has 2 amide bonds. The van der Waals surface area contributed by atoms with Gasteiger partial charge in [-0.15, -0.1) is 12.4 Å². The van der Waals surface area contributed by atoms with Gasteiger partial charge in [0.05, 0.1) is 0 Å². The van der Waals surface area contributed by atoms with Crippen molar-refractivity contribution in [3.8, 4) is 0 Å². The molecule has 0 aliphatic carbocycles. The molecule has 0 bridgehead atoms. The number of carbonyl (C=O) groups is 2. The van der Waals surface area contributed by atoms with Gasteiger partial charge in [0.1, 0.15) is 6.04 Å². The minimum Gasteiger partial charge on any atom is -0.352 e. The SMILES string of the molecule is CCNC(=O)c1cccc(CNC(=O)C(N)c2ccc(C)cc2)c1.Cl. The van der Waals surface area contributed by atoms with Gasteiger partial charge in [0.15, 0.2) is 0 Å². The summed E-state index contributed by atoms with van der Waals surface area (Å²) < 4.78 is 0. The van der Waals surface area contributed by atoms with E-state index in [0.29, 0.717) is 18.7 Å². The van der Waals surface area contributed by atoms with E-state index >= 15 is 0 Å². The van der Waals surface area contributed by atoms with E-state index in [1.807, 2.05) is 44.2 Å². The van der Waals surface area contributed by atoms with Crippen LogP contribution in [-0.4, -0.2) is 18.4 Å². The number of aryl methyl sites for hydroxylation is 1. The Morgan fingerprint density at radius 2 is 1.76 bits per heavy atom. The average Bonchev–Trinajstić information content (AvgIpc) is 2.60. The fraction of sp³-hybridized carbons (Fsp3) is 0.263. The first-order valence-corrected chi connectivity index (χ1v) is 7.98. The van der Waals surface area contributed by atoms with Crippen LogP contribution < -0.4 is 16.4 Å². The number of nitrogens with two attached hydrogens (primary N) is 1. The zero-order valence-electron chi connectivity index (χ0n) is 14.4. The number of hydrogen-bond acceptors (Lipinski definition) is 3. The molecule has 4 N–H and O–H groups in total. The van der Waals surface area contributed by atoms with Crippen LogP contribution in [-0.2, 0) is 11.3 Å². The van der Waals surface area contributed by atoms with Crippen LogP contribution in [0.4, 0.5) is 0 Å². The van der Waals surface area contributed by atoms with E-state index < -0.39 is 6.04 Å². The lowest BCUT2D eigenvalue weighted by Crippen LogP contribution is -2.33. The van der Waals surface area contributed by atoms with Gasteiger partial charge in [-0.1, -0.05) is 42.0 Å². The Kier molecular flexibility index (Phi) is 8.11. The summed E-state index contributed by atoms with van der Waals surface area (Å²) in [6.45, 7) is 4.75. The molecule has 0 spiro atoms. The van der Waals surface area contributed by atoms with Crippen LogP contribution in [0, 0.1) is 6.92 Å². The Bertz CT molecular complexity index is 717. The Balaban J connectivity index is 0.00000312. The Morgan fingerprint density at radius 3 is 2.40 bits per heavy atom. The zero-order valence-corrected chi connectivity index (χ0v) is 15.2. The van der Waals surface area contributed by atoms with Gasteiger partial charge >= 0.3 is 0 Å². The number of rotatable bonds is 6. The minimum atomic E-state index is -0.711. The van der Waals surface area contributed by atoms with Crippen molar-refractivity contribution in [2.75, 3.05) is 6.54 Å². The van der Waals surface area contributed by atoms with Gasteiger partial charge < -0.3 is 16.4 Å². The summed E-state index contributed by atoms with van der Waals surface area (Å²) >= 11 is 0. The first kappa shape index (κ1) is 20.7. The highest BCUT2D eigenvalue weighted by molar-refractivity contribution is 5.94. The van der Waals surface area contributed by atoms with Crippen molar-refractivity contribution in [2.24, 2.45) is 5.73 Å². The highest BCUT2D eigenvalue weighted by Crippen LogP contribution is 2.12. The lowest BCUT2D eigenvalue weighted by molar-refractivity contribution is -0.122. The maximum atomic E-state index is 12.2. The van der Waals surface area contributed by atoms with E-state index in [1.54, 1.807) is 18.2 Å². The molecule has 1 unspecified atom stereocenters. The van der Waals surface area contributed by atoms with Crippen molar-refractivity contribution in [1.29, 1.82) is 0 Å². The number of amides is 2. The molecule has 0 aliphatic heterocycles. The van der Waals surface area contributed by atoms with Gasteiger partial charge in [-0.25, -0.2) is 0 Å². The number of hydrogen-bond donors (Lipinski definition) is 3. The molecule has 5 nitrogen and oxygen atoms in total. The number of halogens is 1. The monoisotopic (exact) mass is 361 g/mol. The average molecular weight is 362 g/mol. The third-order valence-electron chi connectivity index (χ3n) is 3.71. The topological polar surface area (TPSA) is 84.2 Å². The summed E-state index contributed by atoms with van der Waals surface area (Å²) in [5.74, 6) is -0.371. The Labute approximate surface area is 154 Å². The number of benzene rings is 2. The second kappa shape index (κ2) is 9.81. The first-order valence-electron chi connectivity index (χ1n) is 7.98. The van der Waals surface area contributed by atoms with E-state index in [0.717, 1.165) is 16.7 Å². The molecule has 2 aromatic rings. The largest absolute Gasteiger partial charge is 0.352 e. The summed E-state index contributed by atoms with van der Waals surface area (Å²) in [4.78, 5) is 24.0. The highest BCUT2D eigenvalue weighted by atomic mass is 35.5. The van der Waals surface area contributed by atoms with Gasteiger partial charge in [-0.05, 0) is 37.1 Å². The van der Waals surface area contributed by atoms with Crippen LogP contribution in [0.1, 0.15) is 40.0 Å². The van der Waals surface area contributed by atoms with Crippen LogP contribution in [0.15, 0.2) is 48.5 Å². The lowest BCUT2D eigenvalue weighted by Gasteiger charge is -2.13. The van der Waals surface area contributed by atoms with E-state index in [-0.39, 0.29) is 24.2 Å². The number of carbonyl (C=O) groups excluding carboxylic acids is 2. The first-order chi connectivity index (χ1) is 11.5. The normalized spacial score (nSPS) is 11.2.